The molecule has 0 spiro atoms. The number of rotatable bonds is 4. The van der Waals surface area contributed by atoms with Gasteiger partial charge in [-0.15, -0.1) is 0 Å². The summed E-state index contributed by atoms with van der Waals surface area (Å²) in [5.74, 6) is -0.0749. The van der Waals surface area contributed by atoms with Crippen molar-refractivity contribution >= 4 is 16.9 Å². The maximum absolute atomic E-state index is 12.2. The third kappa shape index (κ3) is 3.27. The molecule has 1 heterocycles. The molecule has 4 nitrogen and oxygen atoms in total. The van der Waals surface area contributed by atoms with Crippen LogP contribution in [-0.2, 0) is 0 Å². The van der Waals surface area contributed by atoms with Crippen LogP contribution < -0.4 is 5.32 Å². The molecule has 4 heteroatoms. The van der Waals surface area contributed by atoms with E-state index in [1.807, 2.05) is 56.3 Å². The highest BCUT2D eigenvalue weighted by atomic mass is 16.3. The molecule has 2 aromatic carbocycles. The second-order valence-electron chi connectivity index (χ2n) is 5.73. The van der Waals surface area contributed by atoms with Crippen molar-refractivity contribution in [1.29, 1.82) is 0 Å². The van der Waals surface area contributed by atoms with E-state index >= 15 is 0 Å². The Labute approximate surface area is 134 Å². The second kappa shape index (κ2) is 6.26. The smallest absolute Gasteiger partial charge is 0.287 e. The van der Waals surface area contributed by atoms with Crippen LogP contribution >= 0.6 is 0 Å². The van der Waals surface area contributed by atoms with Crippen molar-refractivity contribution in [2.75, 3.05) is 6.54 Å². The monoisotopic (exact) mass is 309 g/mol. The lowest BCUT2D eigenvalue weighted by atomic mass is 10.0. The highest BCUT2D eigenvalue weighted by molar-refractivity contribution is 5.96. The number of amides is 1. The van der Waals surface area contributed by atoms with Crippen LogP contribution in [0.5, 0.6) is 0 Å². The van der Waals surface area contributed by atoms with E-state index in [-0.39, 0.29) is 18.2 Å². The second-order valence-corrected chi connectivity index (χ2v) is 5.73. The molecule has 0 fully saturated rings. The SMILES string of the molecule is Cc1ccc2oc(C(=O)NCC(O)c3ccccc3C)cc2c1. The Morgan fingerprint density at radius 1 is 1.17 bits per heavy atom. The number of benzene rings is 2. The van der Waals surface area contributed by atoms with Crippen LogP contribution in [0, 0.1) is 13.8 Å². The summed E-state index contributed by atoms with van der Waals surface area (Å²) in [6.07, 6.45) is -0.744. The summed E-state index contributed by atoms with van der Waals surface area (Å²) in [4.78, 5) is 12.2. The first-order valence-corrected chi connectivity index (χ1v) is 7.56. The summed E-state index contributed by atoms with van der Waals surface area (Å²) in [6.45, 7) is 4.06. The molecule has 1 amide bonds. The summed E-state index contributed by atoms with van der Waals surface area (Å²) < 4.78 is 5.55. The van der Waals surface area contributed by atoms with Gasteiger partial charge in [-0.05, 0) is 43.2 Å². The van der Waals surface area contributed by atoms with Gasteiger partial charge in [0.1, 0.15) is 5.58 Å². The molecule has 3 rings (SSSR count). The van der Waals surface area contributed by atoms with Gasteiger partial charge in [-0.25, -0.2) is 0 Å². The van der Waals surface area contributed by atoms with Crippen molar-refractivity contribution in [3.63, 3.8) is 0 Å². The van der Waals surface area contributed by atoms with E-state index in [1.54, 1.807) is 6.07 Å². The number of nitrogens with one attached hydrogen (secondary N) is 1. The number of hydrogen-bond acceptors (Lipinski definition) is 3. The van der Waals surface area contributed by atoms with Crippen molar-refractivity contribution in [1.82, 2.24) is 5.32 Å². The summed E-state index contributed by atoms with van der Waals surface area (Å²) in [5.41, 5.74) is 3.60. The number of carbonyl (C=O) groups excluding carboxylic acids is 1. The molecule has 2 N–H and O–H groups in total. The molecule has 0 bridgehead atoms. The molecule has 0 saturated heterocycles. The summed E-state index contributed by atoms with van der Waals surface area (Å²) in [5, 5.41) is 13.8. The minimum Gasteiger partial charge on any atom is -0.451 e. The van der Waals surface area contributed by atoms with E-state index in [4.69, 9.17) is 4.42 Å². The molecule has 0 aliphatic heterocycles. The van der Waals surface area contributed by atoms with Gasteiger partial charge in [0.2, 0.25) is 0 Å². The number of fused-ring (bicyclic) bond motifs is 1. The van der Waals surface area contributed by atoms with Crippen LogP contribution in [0.2, 0.25) is 0 Å². The van der Waals surface area contributed by atoms with Gasteiger partial charge in [0, 0.05) is 11.9 Å². The molecule has 118 valence electrons. The standard InChI is InChI=1S/C19H19NO3/c1-12-7-8-17-14(9-12)10-18(23-17)19(22)20-11-16(21)15-6-4-3-5-13(15)2/h3-10,16,21H,11H2,1-2H3,(H,20,22). The zero-order valence-electron chi connectivity index (χ0n) is 13.2. The highest BCUT2D eigenvalue weighted by Gasteiger charge is 2.15. The minimum absolute atomic E-state index is 0.139. The van der Waals surface area contributed by atoms with Crippen LogP contribution in [0.1, 0.15) is 33.3 Å². The first-order chi connectivity index (χ1) is 11.0. The number of furan rings is 1. The van der Waals surface area contributed by atoms with Crippen LogP contribution in [0.4, 0.5) is 0 Å². The summed E-state index contributed by atoms with van der Waals surface area (Å²) in [6, 6.07) is 15.1. The molecule has 3 aromatic rings. The van der Waals surface area contributed by atoms with E-state index < -0.39 is 6.10 Å². The Bertz CT molecular complexity index is 851. The fourth-order valence-electron chi connectivity index (χ4n) is 2.62. The van der Waals surface area contributed by atoms with Crippen molar-refractivity contribution in [3.05, 3.63) is 71.0 Å². The van der Waals surface area contributed by atoms with E-state index in [2.05, 4.69) is 5.32 Å². The van der Waals surface area contributed by atoms with Gasteiger partial charge in [0.25, 0.3) is 5.91 Å². The topological polar surface area (TPSA) is 62.5 Å². The average Bonchev–Trinajstić information content (AvgIpc) is 2.95. The van der Waals surface area contributed by atoms with Crippen LogP contribution in [0.25, 0.3) is 11.0 Å². The third-order valence-electron chi connectivity index (χ3n) is 3.90. The van der Waals surface area contributed by atoms with Gasteiger partial charge >= 0.3 is 0 Å². The van der Waals surface area contributed by atoms with Crippen LogP contribution in [-0.4, -0.2) is 17.6 Å². The summed E-state index contributed by atoms with van der Waals surface area (Å²) in [7, 11) is 0. The van der Waals surface area contributed by atoms with E-state index in [0.29, 0.717) is 5.58 Å². The summed E-state index contributed by atoms with van der Waals surface area (Å²) >= 11 is 0. The predicted octanol–water partition coefficient (Wildman–Crippen LogP) is 3.51. The molecule has 0 aliphatic carbocycles. The molecular weight excluding hydrogens is 290 g/mol. The lowest BCUT2D eigenvalue weighted by Gasteiger charge is -2.13. The molecule has 0 saturated carbocycles. The normalized spacial score (nSPS) is 12.3. The van der Waals surface area contributed by atoms with E-state index in [9.17, 15) is 9.90 Å². The van der Waals surface area contributed by atoms with Crippen molar-refractivity contribution < 1.29 is 14.3 Å². The lowest BCUT2D eigenvalue weighted by molar-refractivity contribution is 0.0891. The largest absolute Gasteiger partial charge is 0.451 e. The number of aliphatic hydroxyl groups is 1. The lowest BCUT2D eigenvalue weighted by Crippen LogP contribution is -2.28. The predicted molar refractivity (Wildman–Crippen MR) is 89.4 cm³/mol. The Balaban J connectivity index is 1.70. The first-order valence-electron chi connectivity index (χ1n) is 7.56. The number of aryl methyl sites for hydroxylation is 2. The maximum atomic E-state index is 12.2. The minimum atomic E-state index is -0.744. The quantitative estimate of drug-likeness (QED) is 0.775. The Hall–Kier alpha value is -2.59. The molecule has 1 atom stereocenters. The highest BCUT2D eigenvalue weighted by Crippen LogP contribution is 2.21. The van der Waals surface area contributed by atoms with E-state index in [1.165, 1.54) is 0 Å². The number of hydrogen-bond donors (Lipinski definition) is 2. The number of carbonyl (C=O) groups is 1. The van der Waals surface area contributed by atoms with Gasteiger partial charge in [-0.3, -0.25) is 4.79 Å². The molecule has 0 radical (unpaired) electrons. The molecule has 1 unspecified atom stereocenters. The Kier molecular flexibility index (Phi) is 4.17. The zero-order chi connectivity index (χ0) is 16.4. The third-order valence-corrected chi connectivity index (χ3v) is 3.90. The first kappa shape index (κ1) is 15.3. The molecule has 1 aromatic heterocycles. The molecular formula is C19H19NO3. The van der Waals surface area contributed by atoms with Crippen molar-refractivity contribution in [2.24, 2.45) is 0 Å². The average molecular weight is 309 g/mol. The van der Waals surface area contributed by atoms with Crippen molar-refractivity contribution in [3.8, 4) is 0 Å². The van der Waals surface area contributed by atoms with Crippen LogP contribution in [0.3, 0.4) is 0 Å². The van der Waals surface area contributed by atoms with Gasteiger partial charge in [-0.2, -0.15) is 0 Å². The van der Waals surface area contributed by atoms with Gasteiger partial charge in [-0.1, -0.05) is 35.9 Å². The molecule has 23 heavy (non-hydrogen) atoms. The fourth-order valence-corrected chi connectivity index (χ4v) is 2.62. The van der Waals surface area contributed by atoms with Crippen LogP contribution in [0.15, 0.2) is 52.9 Å². The Morgan fingerprint density at radius 3 is 2.74 bits per heavy atom. The Morgan fingerprint density at radius 2 is 1.96 bits per heavy atom. The van der Waals surface area contributed by atoms with Gasteiger partial charge < -0.3 is 14.8 Å². The van der Waals surface area contributed by atoms with E-state index in [0.717, 1.165) is 22.1 Å². The van der Waals surface area contributed by atoms with Crippen molar-refractivity contribution in [2.45, 2.75) is 20.0 Å². The van der Waals surface area contributed by atoms with Gasteiger partial charge in [0.05, 0.1) is 6.10 Å². The fraction of sp³-hybridized carbons (Fsp3) is 0.211. The molecule has 0 aliphatic rings. The van der Waals surface area contributed by atoms with Gasteiger partial charge in [0.15, 0.2) is 5.76 Å². The number of aliphatic hydroxyl groups excluding tert-OH is 1. The maximum Gasteiger partial charge on any atom is 0.287 e. The zero-order valence-corrected chi connectivity index (χ0v) is 13.2.